The molecule has 3 unspecified atom stereocenters. The van der Waals surface area contributed by atoms with Crippen LogP contribution in [0.5, 0.6) is 0 Å². The summed E-state index contributed by atoms with van der Waals surface area (Å²) in [6.45, 7) is 10.0. The molecular formula is C12H23N. The molecule has 2 heterocycles. The van der Waals surface area contributed by atoms with Crippen molar-refractivity contribution in [1.82, 2.24) is 4.90 Å². The molecule has 0 radical (unpaired) electrons. The molecule has 0 amide bonds. The zero-order chi connectivity index (χ0) is 9.42. The lowest BCUT2D eigenvalue weighted by Crippen LogP contribution is -2.46. The smallest absolute Gasteiger partial charge is 0.0129 e. The summed E-state index contributed by atoms with van der Waals surface area (Å²) < 4.78 is 0. The van der Waals surface area contributed by atoms with Crippen LogP contribution in [-0.4, -0.2) is 24.0 Å². The van der Waals surface area contributed by atoms with Crippen molar-refractivity contribution in [2.24, 2.45) is 17.8 Å². The molecule has 0 saturated carbocycles. The van der Waals surface area contributed by atoms with Gasteiger partial charge >= 0.3 is 0 Å². The van der Waals surface area contributed by atoms with Gasteiger partial charge in [-0.25, -0.2) is 0 Å². The molecule has 76 valence electrons. The highest BCUT2D eigenvalue weighted by Gasteiger charge is 2.39. The topological polar surface area (TPSA) is 3.24 Å². The van der Waals surface area contributed by atoms with Crippen molar-refractivity contribution in [3.05, 3.63) is 0 Å². The second-order valence-corrected chi connectivity index (χ2v) is 5.33. The highest BCUT2D eigenvalue weighted by Crippen LogP contribution is 2.39. The van der Waals surface area contributed by atoms with Gasteiger partial charge in [0.25, 0.3) is 0 Å². The van der Waals surface area contributed by atoms with Crippen LogP contribution in [0.2, 0.25) is 0 Å². The number of fused-ring (bicyclic) bond motifs is 1. The van der Waals surface area contributed by atoms with Crippen molar-refractivity contribution in [2.45, 2.75) is 46.1 Å². The fourth-order valence-electron chi connectivity index (χ4n) is 3.61. The fourth-order valence-corrected chi connectivity index (χ4v) is 3.61. The van der Waals surface area contributed by atoms with Gasteiger partial charge in [-0.1, -0.05) is 20.8 Å². The molecule has 1 nitrogen and oxygen atoms in total. The van der Waals surface area contributed by atoms with E-state index in [1.54, 1.807) is 0 Å². The van der Waals surface area contributed by atoms with Crippen LogP contribution in [0, 0.1) is 17.8 Å². The first kappa shape index (κ1) is 9.51. The van der Waals surface area contributed by atoms with Gasteiger partial charge in [0.2, 0.25) is 0 Å². The summed E-state index contributed by atoms with van der Waals surface area (Å²) in [4.78, 5) is 2.74. The fraction of sp³-hybridized carbons (Fsp3) is 1.00. The van der Waals surface area contributed by atoms with Gasteiger partial charge < -0.3 is 4.90 Å². The van der Waals surface area contributed by atoms with Crippen molar-refractivity contribution in [1.29, 1.82) is 0 Å². The number of hydrogen-bond acceptors (Lipinski definition) is 1. The summed E-state index contributed by atoms with van der Waals surface area (Å²) in [5.74, 6) is 2.80. The Labute approximate surface area is 82.5 Å². The van der Waals surface area contributed by atoms with Gasteiger partial charge in [0.15, 0.2) is 0 Å². The second-order valence-electron chi connectivity index (χ2n) is 5.33. The van der Waals surface area contributed by atoms with E-state index in [4.69, 9.17) is 0 Å². The molecule has 0 spiro atoms. The van der Waals surface area contributed by atoms with Crippen LogP contribution in [0.3, 0.4) is 0 Å². The van der Waals surface area contributed by atoms with Gasteiger partial charge in [0, 0.05) is 6.04 Å². The van der Waals surface area contributed by atoms with E-state index in [1.165, 1.54) is 32.4 Å². The Balaban J connectivity index is 2.10. The monoisotopic (exact) mass is 181 g/mol. The molecule has 0 bridgehead atoms. The van der Waals surface area contributed by atoms with Crippen LogP contribution in [0.1, 0.15) is 40.0 Å². The minimum Gasteiger partial charge on any atom is -0.300 e. The molecule has 2 saturated heterocycles. The third-order valence-corrected chi connectivity index (χ3v) is 4.16. The van der Waals surface area contributed by atoms with Crippen molar-refractivity contribution < 1.29 is 0 Å². The van der Waals surface area contributed by atoms with Crippen molar-refractivity contribution >= 4 is 0 Å². The predicted molar refractivity (Wildman–Crippen MR) is 56.7 cm³/mol. The van der Waals surface area contributed by atoms with Gasteiger partial charge in [-0.15, -0.1) is 0 Å². The molecule has 0 aromatic rings. The molecule has 13 heavy (non-hydrogen) atoms. The van der Waals surface area contributed by atoms with Gasteiger partial charge in [0.1, 0.15) is 0 Å². The van der Waals surface area contributed by atoms with Crippen molar-refractivity contribution in [3.8, 4) is 0 Å². The van der Waals surface area contributed by atoms with E-state index in [0.29, 0.717) is 0 Å². The number of rotatable bonds is 1. The third-order valence-electron chi connectivity index (χ3n) is 4.16. The molecule has 2 fully saturated rings. The minimum atomic E-state index is 0.876. The van der Waals surface area contributed by atoms with Crippen LogP contribution in [0.4, 0.5) is 0 Å². The summed E-state index contributed by atoms with van der Waals surface area (Å²) >= 11 is 0. The van der Waals surface area contributed by atoms with E-state index >= 15 is 0 Å². The van der Waals surface area contributed by atoms with Crippen LogP contribution in [-0.2, 0) is 0 Å². The van der Waals surface area contributed by atoms with Gasteiger partial charge in [0.05, 0.1) is 0 Å². The first-order chi connectivity index (χ1) is 6.20. The van der Waals surface area contributed by atoms with E-state index in [9.17, 15) is 0 Å². The lowest BCUT2D eigenvalue weighted by molar-refractivity contribution is 0.0586. The molecule has 2 rings (SSSR count). The molecule has 0 aromatic carbocycles. The second kappa shape index (κ2) is 3.61. The van der Waals surface area contributed by atoms with E-state index in [1.807, 2.05) is 0 Å². The minimum absolute atomic E-state index is 0.876. The lowest BCUT2D eigenvalue weighted by atomic mass is 9.74. The molecule has 2 aliphatic heterocycles. The highest BCUT2D eigenvalue weighted by atomic mass is 15.2. The molecule has 2 aliphatic rings. The first-order valence-electron chi connectivity index (χ1n) is 5.94. The Bertz CT molecular complexity index is 176. The van der Waals surface area contributed by atoms with Crippen LogP contribution >= 0.6 is 0 Å². The summed E-state index contributed by atoms with van der Waals surface area (Å²) in [7, 11) is 0. The highest BCUT2D eigenvalue weighted by molar-refractivity contribution is 4.92. The third kappa shape index (κ3) is 1.63. The average molecular weight is 181 g/mol. The predicted octanol–water partition coefficient (Wildman–Crippen LogP) is 2.76. The quantitative estimate of drug-likeness (QED) is 0.601. The molecule has 3 atom stereocenters. The Morgan fingerprint density at radius 1 is 1.15 bits per heavy atom. The zero-order valence-electron chi connectivity index (χ0n) is 9.29. The average Bonchev–Trinajstić information content (AvgIpc) is 2.50. The molecule has 0 N–H and O–H groups in total. The van der Waals surface area contributed by atoms with E-state index < -0.39 is 0 Å². The Kier molecular flexibility index (Phi) is 2.64. The maximum Gasteiger partial charge on any atom is 0.0129 e. The van der Waals surface area contributed by atoms with E-state index in [-0.39, 0.29) is 0 Å². The number of hydrogen-bond donors (Lipinski definition) is 0. The lowest BCUT2D eigenvalue weighted by Gasteiger charge is -2.43. The Morgan fingerprint density at radius 3 is 2.62 bits per heavy atom. The summed E-state index contributed by atoms with van der Waals surface area (Å²) in [5.41, 5.74) is 0. The molecular weight excluding hydrogens is 158 g/mol. The summed E-state index contributed by atoms with van der Waals surface area (Å²) in [5, 5.41) is 0. The maximum atomic E-state index is 2.74. The number of piperidine rings is 1. The van der Waals surface area contributed by atoms with E-state index in [2.05, 4.69) is 25.7 Å². The Hall–Kier alpha value is -0.0400. The number of nitrogens with zero attached hydrogens (tertiary/aromatic N) is 1. The summed E-state index contributed by atoms with van der Waals surface area (Å²) in [6, 6.07) is 0.934. The van der Waals surface area contributed by atoms with Crippen LogP contribution < -0.4 is 0 Å². The van der Waals surface area contributed by atoms with Crippen LogP contribution in [0.25, 0.3) is 0 Å². The van der Waals surface area contributed by atoms with Crippen LogP contribution in [0.15, 0.2) is 0 Å². The standard InChI is InChI=1S/C12H23N/c1-9(2)12-10(3)6-8-13-7-4-5-11(12)13/h9-12H,4-8H2,1-3H3. The van der Waals surface area contributed by atoms with Crippen molar-refractivity contribution in [2.75, 3.05) is 13.1 Å². The maximum absolute atomic E-state index is 2.74. The first-order valence-corrected chi connectivity index (χ1v) is 5.94. The van der Waals surface area contributed by atoms with Crippen molar-refractivity contribution in [3.63, 3.8) is 0 Å². The molecule has 0 aromatic heterocycles. The van der Waals surface area contributed by atoms with Gasteiger partial charge in [-0.2, -0.15) is 0 Å². The summed E-state index contributed by atoms with van der Waals surface area (Å²) in [6.07, 6.45) is 4.34. The normalized spacial score (nSPS) is 41.1. The molecule has 0 aliphatic carbocycles. The SMILES string of the molecule is CC(C)C1C(C)CCN2CCCC12. The van der Waals surface area contributed by atoms with E-state index in [0.717, 1.165) is 23.8 Å². The van der Waals surface area contributed by atoms with Gasteiger partial charge in [-0.05, 0) is 50.1 Å². The molecule has 1 heteroatoms. The Morgan fingerprint density at radius 2 is 1.92 bits per heavy atom. The largest absolute Gasteiger partial charge is 0.300 e. The zero-order valence-corrected chi connectivity index (χ0v) is 9.29. The van der Waals surface area contributed by atoms with Gasteiger partial charge in [-0.3, -0.25) is 0 Å².